The van der Waals surface area contributed by atoms with Gasteiger partial charge in [-0.1, -0.05) is 42.5 Å². The predicted molar refractivity (Wildman–Crippen MR) is 55.3 cm³/mol. The van der Waals surface area contributed by atoms with Crippen LogP contribution in [-0.2, 0) is 6.54 Å². The Morgan fingerprint density at radius 3 is 2.00 bits per heavy atom. The summed E-state index contributed by atoms with van der Waals surface area (Å²) in [7, 11) is -0.601. The van der Waals surface area contributed by atoms with Crippen molar-refractivity contribution in [1.82, 2.24) is 0 Å². The molecule has 0 radical (unpaired) electrons. The second-order valence-electron chi connectivity index (χ2n) is 3.10. The molecule has 1 nitrogen and oxygen atoms in total. The molecule has 0 fully saturated rings. The lowest BCUT2D eigenvalue weighted by Crippen LogP contribution is -2.22. The quantitative estimate of drug-likeness (QED) is 0.683. The SMILES string of the molecule is C[SiH](C)c1ccc(CN)cc1.F. The first kappa shape index (κ1) is 11.3. The molecule has 1 aromatic rings. The van der Waals surface area contributed by atoms with Gasteiger partial charge in [0, 0.05) is 6.54 Å². The molecule has 0 bridgehead atoms. The minimum atomic E-state index is -0.601. The first-order chi connectivity index (χ1) is 5.24. The van der Waals surface area contributed by atoms with E-state index in [2.05, 4.69) is 37.4 Å². The maximum Gasteiger partial charge on any atom is 0.0647 e. The van der Waals surface area contributed by atoms with Crippen molar-refractivity contribution in [2.75, 3.05) is 0 Å². The summed E-state index contributed by atoms with van der Waals surface area (Å²) in [5, 5.41) is 1.52. The highest BCUT2D eigenvalue weighted by atomic mass is 28.3. The van der Waals surface area contributed by atoms with Crippen LogP contribution in [0.15, 0.2) is 24.3 Å². The average molecular weight is 185 g/mol. The van der Waals surface area contributed by atoms with Crippen molar-refractivity contribution in [1.29, 1.82) is 0 Å². The highest BCUT2D eigenvalue weighted by molar-refractivity contribution is 6.70. The minimum Gasteiger partial charge on any atom is -0.326 e. The third-order valence-corrected chi connectivity index (χ3v) is 3.60. The van der Waals surface area contributed by atoms with Crippen LogP contribution in [0.4, 0.5) is 4.70 Å². The van der Waals surface area contributed by atoms with Crippen molar-refractivity contribution in [2.24, 2.45) is 5.73 Å². The van der Waals surface area contributed by atoms with Gasteiger partial charge >= 0.3 is 0 Å². The zero-order chi connectivity index (χ0) is 8.27. The minimum absolute atomic E-state index is 0. The van der Waals surface area contributed by atoms with Crippen LogP contribution in [0.3, 0.4) is 0 Å². The van der Waals surface area contributed by atoms with Crippen LogP contribution in [0.2, 0.25) is 13.1 Å². The molecule has 0 spiro atoms. The van der Waals surface area contributed by atoms with Crippen LogP contribution < -0.4 is 10.9 Å². The van der Waals surface area contributed by atoms with Crippen molar-refractivity contribution < 1.29 is 4.70 Å². The van der Waals surface area contributed by atoms with E-state index in [0.717, 1.165) is 0 Å². The van der Waals surface area contributed by atoms with Crippen LogP contribution in [-0.4, -0.2) is 8.80 Å². The van der Waals surface area contributed by atoms with Gasteiger partial charge in [-0.05, 0) is 5.56 Å². The third-order valence-electron chi connectivity index (χ3n) is 1.88. The molecule has 0 saturated heterocycles. The zero-order valence-corrected chi connectivity index (χ0v) is 8.73. The Balaban J connectivity index is 0.00000121. The van der Waals surface area contributed by atoms with E-state index in [1.165, 1.54) is 10.8 Å². The highest BCUT2D eigenvalue weighted by Crippen LogP contribution is 1.95. The van der Waals surface area contributed by atoms with Gasteiger partial charge in [-0.25, -0.2) is 0 Å². The van der Waals surface area contributed by atoms with Gasteiger partial charge in [0.15, 0.2) is 0 Å². The average Bonchev–Trinajstić information content (AvgIpc) is 2.05. The summed E-state index contributed by atoms with van der Waals surface area (Å²) in [6.45, 7) is 5.31. The van der Waals surface area contributed by atoms with E-state index < -0.39 is 8.80 Å². The largest absolute Gasteiger partial charge is 0.326 e. The van der Waals surface area contributed by atoms with E-state index in [1.807, 2.05) is 0 Å². The Bertz CT molecular complexity index is 220. The van der Waals surface area contributed by atoms with Crippen LogP contribution in [0.25, 0.3) is 0 Å². The van der Waals surface area contributed by atoms with Gasteiger partial charge in [-0.3, -0.25) is 4.70 Å². The summed E-state index contributed by atoms with van der Waals surface area (Å²) in [5.74, 6) is 0. The summed E-state index contributed by atoms with van der Waals surface area (Å²) in [4.78, 5) is 0. The zero-order valence-electron chi connectivity index (χ0n) is 7.58. The number of rotatable bonds is 2. The lowest BCUT2D eigenvalue weighted by Gasteiger charge is -2.03. The van der Waals surface area contributed by atoms with E-state index >= 15 is 0 Å². The first-order valence-corrected chi connectivity index (χ1v) is 6.91. The molecule has 1 rings (SSSR count). The molecular weight excluding hydrogens is 169 g/mol. The van der Waals surface area contributed by atoms with Crippen LogP contribution in [0.5, 0.6) is 0 Å². The Hall–Kier alpha value is -0.673. The number of nitrogens with two attached hydrogens (primary N) is 1. The molecule has 0 unspecified atom stereocenters. The molecule has 3 heteroatoms. The van der Waals surface area contributed by atoms with Gasteiger partial charge in [0.1, 0.15) is 0 Å². The smallest absolute Gasteiger partial charge is 0.0647 e. The molecule has 0 aliphatic carbocycles. The van der Waals surface area contributed by atoms with Crippen LogP contribution >= 0.6 is 0 Å². The molecule has 68 valence electrons. The molecule has 0 saturated carbocycles. The lowest BCUT2D eigenvalue weighted by molar-refractivity contribution is 1.07. The summed E-state index contributed by atoms with van der Waals surface area (Å²) >= 11 is 0. The second-order valence-corrected chi connectivity index (χ2v) is 6.08. The van der Waals surface area contributed by atoms with E-state index in [-0.39, 0.29) is 4.70 Å². The van der Waals surface area contributed by atoms with E-state index in [1.54, 1.807) is 0 Å². The van der Waals surface area contributed by atoms with E-state index in [9.17, 15) is 0 Å². The van der Waals surface area contributed by atoms with Crippen molar-refractivity contribution in [3.05, 3.63) is 29.8 Å². The predicted octanol–water partition coefficient (Wildman–Crippen LogP) is 0.992. The number of hydrogen-bond donors (Lipinski definition) is 1. The van der Waals surface area contributed by atoms with Gasteiger partial charge in [-0.2, -0.15) is 0 Å². The number of hydrogen-bond acceptors (Lipinski definition) is 1. The molecule has 0 heterocycles. The standard InChI is InChI=1S/C9H15NSi.FH/c1-11(2)9-5-3-8(7-10)4-6-9;/h3-6,11H,7,10H2,1-2H3;1H. The molecule has 1 aromatic carbocycles. The van der Waals surface area contributed by atoms with Gasteiger partial charge in [0.2, 0.25) is 0 Å². The van der Waals surface area contributed by atoms with Crippen LogP contribution in [0, 0.1) is 0 Å². The number of benzene rings is 1. The fraction of sp³-hybridized carbons (Fsp3) is 0.333. The summed E-state index contributed by atoms with van der Waals surface area (Å²) in [6, 6.07) is 8.67. The van der Waals surface area contributed by atoms with Gasteiger partial charge in [0.05, 0.1) is 8.80 Å². The summed E-state index contributed by atoms with van der Waals surface area (Å²) in [6.07, 6.45) is 0. The Labute approximate surface area is 74.6 Å². The lowest BCUT2D eigenvalue weighted by atomic mass is 10.2. The molecule has 12 heavy (non-hydrogen) atoms. The topological polar surface area (TPSA) is 26.0 Å². The molecule has 0 atom stereocenters. The third kappa shape index (κ3) is 2.75. The van der Waals surface area contributed by atoms with Crippen molar-refractivity contribution in [3.8, 4) is 0 Å². The molecule has 2 N–H and O–H groups in total. The van der Waals surface area contributed by atoms with E-state index in [0.29, 0.717) is 6.54 Å². The normalized spacial score (nSPS) is 9.67. The molecule has 0 aromatic heterocycles. The summed E-state index contributed by atoms with van der Waals surface area (Å²) in [5.41, 5.74) is 6.71. The molecule has 0 aliphatic rings. The maximum atomic E-state index is 5.49. The van der Waals surface area contributed by atoms with E-state index in [4.69, 9.17) is 5.73 Å². The van der Waals surface area contributed by atoms with Crippen LogP contribution in [0.1, 0.15) is 5.56 Å². The van der Waals surface area contributed by atoms with Gasteiger partial charge < -0.3 is 5.73 Å². The maximum absolute atomic E-state index is 5.49. The van der Waals surface area contributed by atoms with Crippen molar-refractivity contribution >= 4 is 14.0 Å². The van der Waals surface area contributed by atoms with Crippen molar-refractivity contribution in [3.63, 3.8) is 0 Å². The Morgan fingerprint density at radius 1 is 1.17 bits per heavy atom. The van der Waals surface area contributed by atoms with Gasteiger partial charge in [-0.15, -0.1) is 0 Å². The van der Waals surface area contributed by atoms with Gasteiger partial charge in [0.25, 0.3) is 0 Å². The Kier molecular flexibility index (Phi) is 4.77. The number of halogens is 1. The fourth-order valence-corrected chi connectivity index (χ4v) is 2.00. The molecular formula is C9H16FNSi. The molecule has 0 amide bonds. The Morgan fingerprint density at radius 2 is 1.67 bits per heavy atom. The first-order valence-electron chi connectivity index (χ1n) is 4.03. The fourth-order valence-electron chi connectivity index (χ4n) is 1.04. The summed E-state index contributed by atoms with van der Waals surface area (Å²) < 4.78 is 0. The van der Waals surface area contributed by atoms with Crippen molar-refractivity contribution in [2.45, 2.75) is 19.6 Å². The second kappa shape index (κ2) is 5.06. The monoisotopic (exact) mass is 185 g/mol. The molecule has 0 aliphatic heterocycles. The highest BCUT2D eigenvalue weighted by Gasteiger charge is 1.98.